The van der Waals surface area contributed by atoms with Crippen molar-refractivity contribution in [3.63, 3.8) is 0 Å². The third-order valence-electron chi connectivity index (χ3n) is 3.05. The lowest BCUT2D eigenvalue weighted by molar-refractivity contribution is -0.384. The van der Waals surface area contributed by atoms with E-state index in [1.807, 2.05) is 13.8 Å². The minimum Gasteiger partial charge on any atom is -0.395 e. The number of carbonyl (C=O) groups excluding carboxylic acids is 1. The van der Waals surface area contributed by atoms with E-state index in [9.17, 15) is 14.9 Å². The number of carbonyl (C=O) groups is 1. The van der Waals surface area contributed by atoms with Crippen LogP contribution in [0.5, 0.6) is 0 Å². The highest BCUT2D eigenvalue weighted by Gasteiger charge is 2.23. The van der Waals surface area contributed by atoms with E-state index >= 15 is 0 Å². The molecular formula is C14H21N3O4. The normalized spacial score (nSPS) is 10.5. The Balaban J connectivity index is 3.32. The summed E-state index contributed by atoms with van der Waals surface area (Å²) in [6.45, 7) is 6.17. The van der Waals surface area contributed by atoms with Gasteiger partial charge in [0.25, 0.3) is 11.6 Å². The number of benzene rings is 1. The third-order valence-corrected chi connectivity index (χ3v) is 3.05. The fraction of sp³-hybridized carbons (Fsp3) is 0.500. The molecule has 7 heteroatoms. The van der Waals surface area contributed by atoms with Gasteiger partial charge in [0.05, 0.1) is 11.5 Å². The smallest absolute Gasteiger partial charge is 0.292 e. The minimum absolute atomic E-state index is 0.0414. The molecule has 0 aliphatic heterocycles. The Morgan fingerprint density at radius 1 is 1.48 bits per heavy atom. The summed E-state index contributed by atoms with van der Waals surface area (Å²) >= 11 is 0. The fourth-order valence-corrected chi connectivity index (χ4v) is 2.08. The van der Waals surface area contributed by atoms with Gasteiger partial charge in [0, 0.05) is 30.8 Å². The molecule has 0 aliphatic rings. The summed E-state index contributed by atoms with van der Waals surface area (Å²) in [6.07, 6.45) is 0. The third kappa shape index (κ3) is 4.16. The van der Waals surface area contributed by atoms with Crippen molar-refractivity contribution < 1.29 is 14.8 Å². The zero-order valence-electron chi connectivity index (χ0n) is 12.5. The topological polar surface area (TPSA) is 95.7 Å². The number of aliphatic hydroxyl groups is 1. The van der Waals surface area contributed by atoms with Crippen molar-refractivity contribution in [1.29, 1.82) is 0 Å². The molecule has 1 rings (SSSR count). The number of nitro groups is 1. The van der Waals surface area contributed by atoms with Gasteiger partial charge in [-0.05, 0) is 32.9 Å². The van der Waals surface area contributed by atoms with Crippen molar-refractivity contribution in [3.05, 3.63) is 33.9 Å². The average molecular weight is 295 g/mol. The molecular weight excluding hydrogens is 274 g/mol. The Kier molecular flexibility index (Phi) is 6.10. The van der Waals surface area contributed by atoms with E-state index in [4.69, 9.17) is 5.11 Å². The van der Waals surface area contributed by atoms with E-state index < -0.39 is 4.92 Å². The molecule has 0 saturated carbocycles. The van der Waals surface area contributed by atoms with Gasteiger partial charge >= 0.3 is 0 Å². The van der Waals surface area contributed by atoms with Gasteiger partial charge < -0.3 is 15.3 Å². The van der Waals surface area contributed by atoms with Gasteiger partial charge in [-0.25, -0.2) is 0 Å². The van der Waals surface area contributed by atoms with Gasteiger partial charge in [0.15, 0.2) is 0 Å². The highest BCUT2D eigenvalue weighted by atomic mass is 16.6. The molecule has 0 saturated heterocycles. The first kappa shape index (κ1) is 16.9. The number of nitrogens with zero attached hydrogens (tertiary/aromatic N) is 2. The summed E-state index contributed by atoms with van der Waals surface area (Å²) in [5.74, 6) is -0.277. The molecule has 0 spiro atoms. The van der Waals surface area contributed by atoms with E-state index in [2.05, 4.69) is 5.32 Å². The number of anilines is 1. The summed E-state index contributed by atoms with van der Waals surface area (Å²) < 4.78 is 0. The number of nitrogens with one attached hydrogen (secondary N) is 1. The van der Waals surface area contributed by atoms with Crippen molar-refractivity contribution in [2.45, 2.75) is 26.8 Å². The molecule has 0 unspecified atom stereocenters. The van der Waals surface area contributed by atoms with Crippen LogP contribution in [0.3, 0.4) is 0 Å². The van der Waals surface area contributed by atoms with Crippen LogP contribution in [-0.4, -0.2) is 41.7 Å². The largest absolute Gasteiger partial charge is 0.395 e. The SMILES string of the molecule is CCNC(=O)c1ccc([N+](=O)[O-])c(N(CCO)C(C)C)c1. The lowest BCUT2D eigenvalue weighted by Gasteiger charge is -2.28. The van der Waals surface area contributed by atoms with Crippen LogP contribution in [0.15, 0.2) is 18.2 Å². The molecule has 21 heavy (non-hydrogen) atoms. The molecule has 0 radical (unpaired) electrons. The maximum Gasteiger partial charge on any atom is 0.292 e. The van der Waals surface area contributed by atoms with Gasteiger partial charge in [-0.2, -0.15) is 0 Å². The lowest BCUT2D eigenvalue weighted by atomic mass is 10.1. The van der Waals surface area contributed by atoms with E-state index in [1.165, 1.54) is 18.2 Å². The molecule has 0 atom stereocenters. The first-order valence-electron chi connectivity index (χ1n) is 6.86. The predicted molar refractivity (Wildman–Crippen MR) is 80.7 cm³/mol. The van der Waals surface area contributed by atoms with Crippen LogP contribution in [0.1, 0.15) is 31.1 Å². The maximum absolute atomic E-state index is 11.9. The van der Waals surface area contributed by atoms with Crippen molar-refractivity contribution >= 4 is 17.3 Å². The molecule has 1 aromatic rings. The first-order chi connectivity index (χ1) is 9.92. The number of hydrogen-bond acceptors (Lipinski definition) is 5. The fourth-order valence-electron chi connectivity index (χ4n) is 2.08. The van der Waals surface area contributed by atoms with E-state index in [1.54, 1.807) is 11.8 Å². The van der Waals surface area contributed by atoms with Crippen molar-refractivity contribution in [2.24, 2.45) is 0 Å². The van der Waals surface area contributed by atoms with Crippen molar-refractivity contribution in [1.82, 2.24) is 5.32 Å². The van der Waals surface area contributed by atoms with Crippen molar-refractivity contribution in [2.75, 3.05) is 24.6 Å². The second-order valence-electron chi connectivity index (χ2n) is 4.83. The molecule has 116 valence electrons. The van der Waals surface area contributed by atoms with Gasteiger partial charge in [0.1, 0.15) is 5.69 Å². The predicted octanol–water partition coefficient (Wildman–Crippen LogP) is 1.55. The molecule has 0 bridgehead atoms. The van der Waals surface area contributed by atoms with E-state index in [-0.39, 0.29) is 30.8 Å². The Morgan fingerprint density at radius 3 is 2.62 bits per heavy atom. The van der Waals surface area contributed by atoms with Crippen LogP contribution in [0.25, 0.3) is 0 Å². The van der Waals surface area contributed by atoms with Gasteiger partial charge in [-0.15, -0.1) is 0 Å². The monoisotopic (exact) mass is 295 g/mol. The molecule has 7 nitrogen and oxygen atoms in total. The number of nitro benzene ring substituents is 1. The summed E-state index contributed by atoms with van der Waals surface area (Å²) in [6, 6.07) is 4.22. The standard InChI is InChI=1S/C14H21N3O4/c1-4-15-14(19)11-5-6-12(17(20)21)13(9-11)16(7-8-18)10(2)3/h5-6,9-10,18H,4,7-8H2,1-3H3,(H,15,19). The Hall–Kier alpha value is -2.15. The number of rotatable bonds is 7. The van der Waals surface area contributed by atoms with Crippen LogP contribution in [0, 0.1) is 10.1 Å². The minimum atomic E-state index is -0.483. The average Bonchev–Trinajstić information content (AvgIpc) is 2.43. The van der Waals surface area contributed by atoms with Gasteiger partial charge in [-0.3, -0.25) is 14.9 Å². The first-order valence-corrected chi connectivity index (χ1v) is 6.86. The molecule has 0 heterocycles. The zero-order chi connectivity index (χ0) is 16.0. The van der Waals surface area contributed by atoms with Crippen LogP contribution >= 0.6 is 0 Å². The van der Waals surface area contributed by atoms with Crippen LogP contribution in [-0.2, 0) is 0 Å². The number of hydrogen-bond donors (Lipinski definition) is 2. The number of amides is 1. The summed E-state index contributed by atoms with van der Waals surface area (Å²) in [7, 11) is 0. The molecule has 2 N–H and O–H groups in total. The second-order valence-corrected chi connectivity index (χ2v) is 4.83. The maximum atomic E-state index is 11.9. The van der Waals surface area contributed by atoms with Crippen molar-refractivity contribution in [3.8, 4) is 0 Å². The highest BCUT2D eigenvalue weighted by Crippen LogP contribution is 2.30. The molecule has 1 amide bonds. The Labute approximate surface area is 123 Å². The molecule has 0 aliphatic carbocycles. The quantitative estimate of drug-likeness (QED) is 0.588. The summed E-state index contributed by atoms with van der Waals surface area (Å²) in [4.78, 5) is 24.3. The Bertz CT molecular complexity index is 517. The van der Waals surface area contributed by atoms with Crippen LogP contribution in [0.2, 0.25) is 0 Å². The molecule has 1 aromatic carbocycles. The number of aliphatic hydroxyl groups excluding tert-OH is 1. The van der Waals surface area contributed by atoms with E-state index in [0.717, 1.165) is 0 Å². The highest BCUT2D eigenvalue weighted by molar-refractivity contribution is 5.96. The molecule has 0 fully saturated rings. The zero-order valence-corrected chi connectivity index (χ0v) is 12.5. The Morgan fingerprint density at radius 2 is 2.14 bits per heavy atom. The van der Waals surface area contributed by atoms with Crippen LogP contribution in [0.4, 0.5) is 11.4 Å². The lowest BCUT2D eigenvalue weighted by Crippen LogP contribution is -2.34. The van der Waals surface area contributed by atoms with Crippen LogP contribution < -0.4 is 10.2 Å². The second kappa shape index (κ2) is 7.58. The van der Waals surface area contributed by atoms with E-state index in [0.29, 0.717) is 17.8 Å². The molecule has 0 aromatic heterocycles. The van der Waals surface area contributed by atoms with Gasteiger partial charge in [0.2, 0.25) is 0 Å². The van der Waals surface area contributed by atoms with Gasteiger partial charge in [-0.1, -0.05) is 0 Å². The summed E-state index contributed by atoms with van der Waals surface area (Å²) in [5, 5.41) is 23.0. The summed E-state index contributed by atoms with van der Waals surface area (Å²) in [5.41, 5.74) is 0.624.